The first kappa shape index (κ1) is 26.1. The highest BCUT2D eigenvalue weighted by atomic mass is 79.9. The van der Waals surface area contributed by atoms with E-state index in [4.69, 9.17) is 18.9 Å². The zero-order chi connectivity index (χ0) is 24.8. The van der Waals surface area contributed by atoms with Crippen LogP contribution in [0.15, 0.2) is 40.9 Å². The van der Waals surface area contributed by atoms with Gasteiger partial charge in [0.15, 0.2) is 11.5 Å². The lowest BCUT2D eigenvalue weighted by atomic mass is 9.95. The summed E-state index contributed by atoms with van der Waals surface area (Å²) in [5, 5.41) is 0. The largest absolute Gasteiger partial charge is 0.514 e. The summed E-state index contributed by atoms with van der Waals surface area (Å²) in [5.74, 6) is -2.63. The second-order valence-corrected chi connectivity index (χ2v) is 8.49. The maximum Gasteiger partial charge on any atom is 0.514 e. The van der Waals surface area contributed by atoms with E-state index in [2.05, 4.69) is 15.9 Å². The summed E-state index contributed by atoms with van der Waals surface area (Å²) in [6.45, 7) is 8.20. The Morgan fingerprint density at radius 3 is 1.94 bits per heavy atom. The molecule has 0 aliphatic carbocycles. The van der Waals surface area contributed by atoms with Crippen molar-refractivity contribution in [1.29, 1.82) is 0 Å². The first-order valence-corrected chi connectivity index (χ1v) is 11.0. The van der Waals surface area contributed by atoms with Gasteiger partial charge in [-0.15, -0.1) is 0 Å². The predicted octanol–water partition coefficient (Wildman–Crippen LogP) is 5.35. The lowest BCUT2D eigenvalue weighted by molar-refractivity contribution is 0.0200. The third-order valence-electron chi connectivity index (χ3n) is 4.05. The standard InChI is InChI=1S/C24H25BrO8/c1-6-30-21(27)15-13-16(22(28)31-7-2)18(25)20(32-23(29)33-24(3,4)5)17(15)19(26)14-11-9-8-10-12-14/h8-13H,6-7H2,1-5H3. The Morgan fingerprint density at radius 1 is 0.879 bits per heavy atom. The fourth-order valence-corrected chi connectivity index (χ4v) is 3.33. The van der Waals surface area contributed by atoms with Crippen LogP contribution in [0.5, 0.6) is 5.75 Å². The number of carbonyl (C=O) groups is 4. The fraction of sp³-hybridized carbons (Fsp3) is 0.333. The van der Waals surface area contributed by atoms with Crippen molar-refractivity contribution in [1.82, 2.24) is 0 Å². The van der Waals surface area contributed by atoms with Crippen molar-refractivity contribution in [2.45, 2.75) is 40.2 Å². The van der Waals surface area contributed by atoms with Crippen molar-refractivity contribution < 1.29 is 38.1 Å². The number of halogens is 1. The summed E-state index contributed by atoms with van der Waals surface area (Å²) in [5.41, 5.74) is -1.30. The topological polar surface area (TPSA) is 105 Å². The number of ether oxygens (including phenoxy) is 4. The fourth-order valence-electron chi connectivity index (χ4n) is 2.77. The van der Waals surface area contributed by atoms with Gasteiger partial charge in [0.2, 0.25) is 0 Å². The number of carbonyl (C=O) groups excluding carboxylic acids is 4. The van der Waals surface area contributed by atoms with Crippen LogP contribution in [0.25, 0.3) is 0 Å². The first-order chi connectivity index (χ1) is 15.5. The predicted molar refractivity (Wildman–Crippen MR) is 123 cm³/mol. The SMILES string of the molecule is CCOC(=O)c1cc(C(=O)OCC)c(C(=O)c2ccccc2)c(OC(=O)OC(C)(C)C)c1Br. The molecule has 0 unspecified atom stereocenters. The van der Waals surface area contributed by atoms with Gasteiger partial charge in [0.05, 0.1) is 34.4 Å². The molecule has 33 heavy (non-hydrogen) atoms. The van der Waals surface area contributed by atoms with E-state index in [-0.39, 0.29) is 45.7 Å². The lowest BCUT2D eigenvalue weighted by Crippen LogP contribution is -2.27. The molecule has 0 N–H and O–H groups in total. The summed E-state index contributed by atoms with van der Waals surface area (Å²) >= 11 is 3.24. The second kappa shape index (κ2) is 11.1. The van der Waals surface area contributed by atoms with E-state index in [1.807, 2.05) is 0 Å². The van der Waals surface area contributed by atoms with Gasteiger partial charge in [-0.2, -0.15) is 0 Å². The zero-order valence-corrected chi connectivity index (χ0v) is 20.6. The molecule has 0 fully saturated rings. The molecule has 2 aromatic rings. The first-order valence-electron chi connectivity index (χ1n) is 10.2. The minimum absolute atomic E-state index is 0.0187. The summed E-state index contributed by atoms with van der Waals surface area (Å²) in [4.78, 5) is 51.3. The molecule has 0 aromatic heterocycles. The number of rotatable bonds is 7. The molecule has 0 heterocycles. The van der Waals surface area contributed by atoms with Gasteiger partial charge in [-0.3, -0.25) is 4.79 Å². The summed E-state index contributed by atoms with van der Waals surface area (Å²) < 4.78 is 20.7. The molecule has 9 heteroatoms. The molecule has 0 radical (unpaired) electrons. The number of esters is 2. The Balaban J connectivity index is 2.81. The van der Waals surface area contributed by atoms with Crippen molar-refractivity contribution in [2.75, 3.05) is 13.2 Å². The van der Waals surface area contributed by atoms with Gasteiger partial charge in [0, 0.05) is 5.56 Å². The Hall–Kier alpha value is -3.20. The van der Waals surface area contributed by atoms with Crippen molar-refractivity contribution in [3.8, 4) is 5.75 Å². The van der Waals surface area contributed by atoms with Crippen molar-refractivity contribution in [2.24, 2.45) is 0 Å². The van der Waals surface area contributed by atoms with E-state index in [9.17, 15) is 19.2 Å². The number of hydrogen-bond acceptors (Lipinski definition) is 8. The minimum Gasteiger partial charge on any atom is -0.462 e. The molecule has 0 atom stereocenters. The Labute approximate surface area is 200 Å². The average molecular weight is 521 g/mol. The van der Waals surface area contributed by atoms with Crippen LogP contribution in [0.4, 0.5) is 4.79 Å². The van der Waals surface area contributed by atoms with Gasteiger partial charge in [-0.05, 0) is 56.6 Å². The highest BCUT2D eigenvalue weighted by Gasteiger charge is 2.32. The van der Waals surface area contributed by atoms with Gasteiger partial charge < -0.3 is 18.9 Å². The van der Waals surface area contributed by atoms with E-state index >= 15 is 0 Å². The highest BCUT2D eigenvalue weighted by molar-refractivity contribution is 9.10. The zero-order valence-electron chi connectivity index (χ0n) is 19.0. The third-order valence-corrected chi connectivity index (χ3v) is 4.84. The Bertz CT molecular complexity index is 1050. The lowest BCUT2D eigenvalue weighted by Gasteiger charge is -2.21. The van der Waals surface area contributed by atoms with Crippen LogP contribution >= 0.6 is 15.9 Å². The van der Waals surface area contributed by atoms with Crippen LogP contribution in [0.1, 0.15) is 71.3 Å². The smallest absolute Gasteiger partial charge is 0.462 e. The molecule has 8 nitrogen and oxygen atoms in total. The van der Waals surface area contributed by atoms with E-state index in [1.165, 1.54) is 6.07 Å². The van der Waals surface area contributed by atoms with E-state index in [1.54, 1.807) is 65.0 Å². The molecule has 2 rings (SSSR count). The summed E-state index contributed by atoms with van der Waals surface area (Å²) in [7, 11) is 0. The number of hydrogen-bond donors (Lipinski definition) is 0. The van der Waals surface area contributed by atoms with Crippen molar-refractivity contribution in [3.05, 3.63) is 63.1 Å². The normalized spacial score (nSPS) is 10.8. The monoisotopic (exact) mass is 520 g/mol. The maximum atomic E-state index is 13.4. The van der Waals surface area contributed by atoms with Crippen LogP contribution < -0.4 is 4.74 Å². The molecule has 0 bridgehead atoms. The number of ketones is 1. The maximum absolute atomic E-state index is 13.4. The van der Waals surface area contributed by atoms with Gasteiger partial charge in [-0.25, -0.2) is 14.4 Å². The van der Waals surface area contributed by atoms with Gasteiger partial charge in [0.25, 0.3) is 0 Å². The van der Waals surface area contributed by atoms with Crippen LogP contribution in [0.3, 0.4) is 0 Å². The van der Waals surface area contributed by atoms with E-state index in [0.717, 1.165) is 0 Å². The second-order valence-electron chi connectivity index (χ2n) is 7.69. The molecular weight excluding hydrogens is 496 g/mol. The molecule has 0 saturated carbocycles. The summed E-state index contributed by atoms with van der Waals surface area (Å²) in [6.07, 6.45) is -1.12. The van der Waals surface area contributed by atoms with Crippen LogP contribution in [-0.4, -0.2) is 42.7 Å². The Kier molecular flexibility index (Phi) is 8.76. The average Bonchev–Trinajstić information content (AvgIpc) is 2.74. The van der Waals surface area contributed by atoms with Gasteiger partial charge >= 0.3 is 18.1 Å². The molecule has 176 valence electrons. The molecule has 0 spiro atoms. The van der Waals surface area contributed by atoms with Gasteiger partial charge in [0.1, 0.15) is 5.60 Å². The highest BCUT2D eigenvalue weighted by Crippen LogP contribution is 2.38. The molecular formula is C24H25BrO8. The van der Waals surface area contributed by atoms with Crippen LogP contribution in [-0.2, 0) is 14.2 Å². The molecule has 0 amide bonds. The molecule has 0 aliphatic heterocycles. The molecule has 0 aliphatic rings. The quantitative estimate of drug-likeness (QED) is 0.208. The van der Waals surface area contributed by atoms with Crippen LogP contribution in [0.2, 0.25) is 0 Å². The summed E-state index contributed by atoms with van der Waals surface area (Å²) in [6, 6.07) is 9.28. The Morgan fingerprint density at radius 2 is 1.42 bits per heavy atom. The minimum atomic E-state index is -1.12. The third kappa shape index (κ3) is 6.64. The van der Waals surface area contributed by atoms with Crippen LogP contribution in [0, 0.1) is 0 Å². The van der Waals surface area contributed by atoms with Crippen molar-refractivity contribution >= 4 is 39.8 Å². The van der Waals surface area contributed by atoms with Crippen molar-refractivity contribution in [3.63, 3.8) is 0 Å². The van der Waals surface area contributed by atoms with E-state index < -0.39 is 29.5 Å². The van der Waals surface area contributed by atoms with E-state index in [0.29, 0.717) is 0 Å². The molecule has 0 saturated heterocycles. The molecule has 2 aromatic carbocycles. The number of benzene rings is 2. The van der Waals surface area contributed by atoms with Gasteiger partial charge in [-0.1, -0.05) is 30.3 Å².